The van der Waals surface area contributed by atoms with Crippen molar-refractivity contribution in [1.29, 1.82) is 0 Å². The summed E-state index contributed by atoms with van der Waals surface area (Å²) < 4.78 is 23.8. The summed E-state index contributed by atoms with van der Waals surface area (Å²) in [5.74, 6) is 0.291. The molecule has 1 fully saturated rings. The topological polar surface area (TPSA) is 63.4 Å². The van der Waals surface area contributed by atoms with Crippen LogP contribution in [-0.4, -0.2) is 37.6 Å². The van der Waals surface area contributed by atoms with Crippen LogP contribution in [0.25, 0.3) is 0 Å². The minimum Gasteiger partial charge on any atom is -0.327 e. The molecule has 1 atom stereocenters. The van der Waals surface area contributed by atoms with E-state index in [0.29, 0.717) is 18.8 Å². The molecule has 0 aromatic rings. The van der Waals surface area contributed by atoms with Crippen LogP contribution in [0.3, 0.4) is 0 Å². The van der Waals surface area contributed by atoms with Crippen molar-refractivity contribution < 1.29 is 8.42 Å². The Morgan fingerprint density at radius 3 is 2.50 bits per heavy atom. The summed E-state index contributed by atoms with van der Waals surface area (Å²) in [6, 6.07) is -0.0668. The summed E-state index contributed by atoms with van der Waals surface area (Å²) >= 11 is 0. The van der Waals surface area contributed by atoms with Crippen molar-refractivity contribution >= 4 is 22.4 Å². The van der Waals surface area contributed by atoms with Crippen molar-refractivity contribution in [3.8, 4) is 0 Å². The molecule has 0 unspecified atom stereocenters. The highest BCUT2D eigenvalue weighted by Crippen LogP contribution is 2.12. The summed E-state index contributed by atoms with van der Waals surface area (Å²) in [7, 11) is -2.93. The van der Waals surface area contributed by atoms with Gasteiger partial charge in [-0.2, -0.15) is 0 Å². The molecule has 1 saturated heterocycles. The Labute approximate surface area is 79.6 Å². The molecule has 2 N–H and O–H groups in total. The molecule has 1 aliphatic heterocycles. The third-order valence-electron chi connectivity index (χ3n) is 1.69. The van der Waals surface area contributed by atoms with Gasteiger partial charge in [-0.1, -0.05) is 0 Å². The van der Waals surface area contributed by atoms with Gasteiger partial charge < -0.3 is 5.73 Å². The van der Waals surface area contributed by atoms with Crippen LogP contribution in [0.4, 0.5) is 0 Å². The highest BCUT2D eigenvalue weighted by Gasteiger charge is 2.28. The summed E-state index contributed by atoms with van der Waals surface area (Å²) in [5.41, 5.74) is 5.49. The van der Waals surface area contributed by atoms with Crippen molar-refractivity contribution in [2.24, 2.45) is 5.73 Å². The Balaban J connectivity index is 0.00000121. The van der Waals surface area contributed by atoms with Crippen LogP contribution >= 0.6 is 12.4 Å². The number of rotatable bonds is 2. The van der Waals surface area contributed by atoms with Crippen LogP contribution in [0.2, 0.25) is 0 Å². The molecule has 0 bridgehead atoms. The predicted octanol–water partition coefficient (Wildman–Crippen LogP) is -0.209. The fraction of sp³-hybridized carbons (Fsp3) is 1.00. The average molecular weight is 215 g/mol. The Morgan fingerprint density at radius 1 is 1.58 bits per heavy atom. The summed E-state index contributed by atoms with van der Waals surface area (Å²) in [5, 5.41) is 0. The largest absolute Gasteiger partial charge is 0.327 e. The second-order valence-corrected chi connectivity index (χ2v) is 5.09. The first kappa shape index (κ1) is 12.2. The third-order valence-corrected chi connectivity index (χ3v) is 3.62. The lowest BCUT2D eigenvalue weighted by molar-refractivity contribution is 0.419. The minimum atomic E-state index is -2.93. The van der Waals surface area contributed by atoms with Gasteiger partial charge in [0.15, 0.2) is 0 Å². The summed E-state index contributed by atoms with van der Waals surface area (Å²) in [4.78, 5) is 0. The van der Waals surface area contributed by atoms with E-state index in [1.807, 2.05) is 6.92 Å². The average Bonchev–Trinajstić information content (AvgIpc) is 2.10. The van der Waals surface area contributed by atoms with E-state index < -0.39 is 10.0 Å². The SMILES string of the molecule is C[C@H](N)CN1CCCS1(=O)=O.Cl. The third kappa shape index (κ3) is 2.90. The first-order valence-corrected chi connectivity index (χ1v) is 5.37. The van der Waals surface area contributed by atoms with E-state index in [0.717, 1.165) is 6.42 Å². The number of hydrogen-bond acceptors (Lipinski definition) is 3. The van der Waals surface area contributed by atoms with Crippen LogP contribution in [0.15, 0.2) is 0 Å². The molecular weight excluding hydrogens is 200 g/mol. The molecule has 0 saturated carbocycles. The summed E-state index contributed by atoms with van der Waals surface area (Å²) in [6.45, 7) is 2.92. The normalized spacial score (nSPS) is 24.8. The zero-order chi connectivity index (χ0) is 8.48. The highest BCUT2D eigenvalue weighted by molar-refractivity contribution is 7.89. The molecule has 6 heteroatoms. The van der Waals surface area contributed by atoms with Crippen LogP contribution < -0.4 is 5.73 Å². The number of hydrogen-bond donors (Lipinski definition) is 1. The van der Waals surface area contributed by atoms with Gasteiger partial charge >= 0.3 is 0 Å². The maximum absolute atomic E-state index is 11.2. The lowest BCUT2D eigenvalue weighted by Gasteiger charge is -2.15. The van der Waals surface area contributed by atoms with Gasteiger partial charge in [0.05, 0.1) is 5.75 Å². The smallest absolute Gasteiger partial charge is 0.214 e. The standard InChI is InChI=1S/C6H14N2O2S.ClH/c1-6(7)5-8-3-2-4-11(8,9)10;/h6H,2-5,7H2,1H3;1H/t6-;/m0./s1. The number of nitrogens with zero attached hydrogens (tertiary/aromatic N) is 1. The molecule has 1 aliphatic rings. The fourth-order valence-corrected chi connectivity index (χ4v) is 2.84. The van der Waals surface area contributed by atoms with Crippen molar-refractivity contribution in [2.45, 2.75) is 19.4 Å². The van der Waals surface area contributed by atoms with Gasteiger partial charge in [0, 0.05) is 19.1 Å². The van der Waals surface area contributed by atoms with Gasteiger partial charge in [0.1, 0.15) is 0 Å². The second-order valence-electron chi connectivity index (χ2n) is 3.00. The van der Waals surface area contributed by atoms with E-state index in [1.54, 1.807) is 0 Å². The van der Waals surface area contributed by atoms with Gasteiger partial charge in [-0.15, -0.1) is 12.4 Å². The van der Waals surface area contributed by atoms with Crippen LogP contribution in [-0.2, 0) is 10.0 Å². The van der Waals surface area contributed by atoms with Crippen LogP contribution in [0.1, 0.15) is 13.3 Å². The molecule has 0 aromatic carbocycles. The number of sulfonamides is 1. The van der Waals surface area contributed by atoms with Crippen molar-refractivity contribution in [1.82, 2.24) is 4.31 Å². The molecule has 0 amide bonds. The zero-order valence-electron chi connectivity index (χ0n) is 7.06. The highest BCUT2D eigenvalue weighted by atomic mass is 35.5. The lowest BCUT2D eigenvalue weighted by Crippen LogP contribution is -2.36. The zero-order valence-corrected chi connectivity index (χ0v) is 8.70. The first-order valence-electron chi connectivity index (χ1n) is 3.76. The number of halogens is 1. The molecular formula is C6H15ClN2O2S. The van der Waals surface area contributed by atoms with Gasteiger partial charge in [0.2, 0.25) is 10.0 Å². The van der Waals surface area contributed by atoms with E-state index >= 15 is 0 Å². The van der Waals surface area contributed by atoms with Crippen molar-refractivity contribution in [2.75, 3.05) is 18.8 Å². The number of nitrogens with two attached hydrogens (primary N) is 1. The van der Waals surface area contributed by atoms with E-state index in [2.05, 4.69) is 0 Å². The molecule has 12 heavy (non-hydrogen) atoms. The van der Waals surface area contributed by atoms with E-state index in [1.165, 1.54) is 4.31 Å². The molecule has 0 radical (unpaired) electrons. The Bertz CT molecular complexity index is 228. The quantitative estimate of drug-likeness (QED) is 0.692. The van der Waals surface area contributed by atoms with Gasteiger partial charge in [0.25, 0.3) is 0 Å². The maximum Gasteiger partial charge on any atom is 0.214 e. The second kappa shape index (κ2) is 4.41. The molecule has 74 valence electrons. The van der Waals surface area contributed by atoms with Crippen LogP contribution in [0, 0.1) is 0 Å². The van der Waals surface area contributed by atoms with Crippen molar-refractivity contribution in [3.63, 3.8) is 0 Å². The lowest BCUT2D eigenvalue weighted by atomic mass is 10.3. The van der Waals surface area contributed by atoms with Gasteiger partial charge in [-0.3, -0.25) is 0 Å². The molecule has 4 nitrogen and oxygen atoms in total. The van der Waals surface area contributed by atoms with Crippen molar-refractivity contribution in [3.05, 3.63) is 0 Å². The monoisotopic (exact) mass is 214 g/mol. The molecule has 0 aliphatic carbocycles. The molecule has 0 aromatic heterocycles. The van der Waals surface area contributed by atoms with E-state index in [4.69, 9.17) is 5.73 Å². The first-order chi connectivity index (χ1) is 5.02. The predicted molar refractivity (Wildman–Crippen MR) is 50.9 cm³/mol. The molecule has 1 rings (SSSR count). The maximum atomic E-state index is 11.2. The minimum absolute atomic E-state index is 0. The van der Waals surface area contributed by atoms with E-state index in [-0.39, 0.29) is 18.4 Å². The van der Waals surface area contributed by atoms with Gasteiger partial charge in [-0.25, -0.2) is 12.7 Å². The molecule has 0 spiro atoms. The van der Waals surface area contributed by atoms with Gasteiger partial charge in [-0.05, 0) is 13.3 Å². The summed E-state index contributed by atoms with van der Waals surface area (Å²) in [6.07, 6.45) is 0.745. The Morgan fingerprint density at radius 2 is 2.17 bits per heavy atom. The van der Waals surface area contributed by atoms with Crippen LogP contribution in [0.5, 0.6) is 0 Å². The molecule has 1 heterocycles. The Hall–Kier alpha value is 0.160. The fourth-order valence-electron chi connectivity index (χ4n) is 1.22. The Kier molecular flexibility index (Phi) is 4.47. The van der Waals surface area contributed by atoms with E-state index in [9.17, 15) is 8.42 Å².